The summed E-state index contributed by atoms with van der Waals surface area (Å²) in [6.45, 7) is 21.5. The molecule has 13 rings (SSSR count). The second-order valence-corrected chi connectivity index (χ2v) is 47.4. The van der Waals surface area contributed by atoms with Gasteiger partial charge >= 0.3 is 402 Å². The van der Waals surface area contributed by atoms with Crippen molar-refractivity contribution in [3.63, 3.8) is 0 Å². The maximum Gasteiger partial charge on any atom is -0.0193 e. The number of aromatic nitrogens is 4. The monoisotopic (exact) mass is 1860 g/mol. The molecule has 1 aliphatic rings. The molecule has 12 aromatic rings. The van der Waals surface area contributed by atoms with Gasteiger partial charge in [-0.3, -0.25) is 0 Å². The van der Waals surface area contributed by atoms with E-state index >= 15 is 0 Å². The molecule has 2 unspecified atom stereocenters. The molecule has 0 fully saturated rings. The van der Waals surface area contributed by atoms with E-state index in [0.717, 1.165) is 150 Å². The van der Waals surface area contributed by atoms with Gasteiger partial charge in [-0.05, 0) is 123 Å². The van der Waals surface area contributed by atoms with E-state index in [0.29, 0.717) is 61.3 Å². The van der Waals surface area contributed by atoms with Crippen molar-refractivity contribution in [2.75, 3.05) is 26.4 Å². The van der Waals surface area contributed by atoms with Gasteiger partial charge in [0, 0.05) is 0 Å². The number of hydrogen-bond acceptors (Lipinski definition) is 14. The Hall–Kier alpha value is -9.58. The molecule has 15 heteroatoms. The van der Waals surface area contributed by atoms with Gasteiger partial charge < -0.3 is 18.9 Å². The van der Waals surface area contributed by atoms with Crippen LogP contribution in [-0.4, -0.2) is 60.3 Å². The number of benzene rings is 6. The Labute approximate surface area is 795 Å². The largest absolute Gasteiger partial charge is 0.0490 e. The fourth-order valence-electron chi connectivity index (χ4n) is 18.5. The molecular weight excluding hydrogens is 1710 g/mol. The average Bonchev–Trinajstić information content (AvgIpc) is 1.54. The third-order valence-corrected chi connectivity index (χ3v) is 40.8. The van der Waals surface area contributed by atoms with E-state index in [-0.39, 0.29) is 0 Å². The summed E-state index contributed by atoms with van der Waals surface area (Å²) < 4.78 is 53.4. The normalized spacial score (nSPS) is 12.5. The van der Waals surface area contributed by atoms with Gasteiger partial charge in [0.15, 0.2) is 0 Å². The number of hydrogen-bond donors (Lipinski definition) is 0. The molecule has 131 heavy (non-hydrogen) atoms. The molecule has 7 heterocycles. The van der Waals surface area contributed by atoms with Gasteiger partial charge in [0.25, 0.3) is 0 Å². The van der Waals surface area contributed by atoms with Crippen LogP contribution in [0.1, 0.15) is 333 Å². The molecule has 0 saturated heterocycles. The summed E-state index contributed by atoms with van der Waals surface area (Å²) in [6.07, 6.45) is 50.0. The van der Waals surface area contributed by atoms with Crippen LogP contribution < -0.4 is 27.7 Å². The molecule has 0 bridgehead atoms. The molecular formula is C116H146GeN4O8S2. The fraction of sp³-hybridized carbons (Fsp3) is 0.483. The predicted octanol–water partition coefficient (Wildman–Crippen LogP) is 34.0. The molecule has 0 spiro atoms. The molecule has 6 aromatic carbocycles. The van der Waals surface area contributed by atoms with Crippen LogP contribution in [0.25, 0.3) is 100 Å². The van der Waals surface area contributed by atoms with Gasteiger partial charge in [0.05, 0.1) is 26.4 Å². The van der Waals surface area contributed by atoms with Gasteiger partial charge in [0.1, 0.15) is 23.0 Å². The second kappa shape index (κ2) is 53.9. The predicted molar refractivity (Wildman–Crippen MR) is 550 cm³/mol. The average molecular weight is 1860 g/mol. The summed E-state index contributed by atoms with van der Waals surface area (Å²) in [7, 11) is 0. The first-order chi connectivity index (χ1) is 64.6. The molecule has 1 aliphatic heterocycles. The van der Waals surface area contributed by atoms with Crippen molar-refractivity contribution in [3.05, 3.63) is 191 Å². The van der Waals surface area contributed by atoms with Gasteiger partial charge in [-0.15, -0.1) is 0 Å². The third-order valence-electron chi connectivity index (χ3n) is 26.4. The maximum atomic E-state index is 6.32. The zero-order valence-electron chi connectivity index (χ0n) is 80.2. The summed E-state index contributed by atoms with van der Waals surface area (Å²) >= 11 is 0.424. The van der Waals surface area contributed by atoms with Crippen molar-refractivity contribution >= 4 is 44.7 Å². The minimum absolute atomic E-state index is 0.612. The van der Waals surface area contributed by atoms with E-state index in [1.807, 2.05) is 95.5 Å². The van der Waals surface area contributed by atoms with Crippen LogP contribution in [0.3, 0.4) is 0 Å². The van der Waals surface area contributed by atoms with Crippen LogP contribution in [0, 0.1) is 35.5 Å². The second-order valence-electron chi connectivity index (χ2n) is 36.8. The maximum absolute atomic E-state index is 6.32. The zero-order chi connectivity index (χ0) is 90.9. The number of fused-ring (bicyclic) bond motifs is 3. The molecule has 0 aliphatic carbocycles. The Morgan fingerprint density at radius 3 is 0.756 bits per heavy atom. The smallest absolute Gasteiger partial charge is 0.0193 e. The van der Waals surface area contributed by atoms with Crippen molar-refractivity contribution in [2.45, 2.75) is 323 Å². The standard InChI is InChI=1S/C116H146GeN4O8S2/c1-9-17-23-27-31-35-39-43-69-122-99-59-51-91(52-60-99)107-81-111(126-118-107)95-73-89(74-96(77-95)112-82-108(119-127-112)92-53-61-100(62-54-92)123-70-44-40-36-32-28-24-18-10-2)49-67-103-79-105-115(130-103)116-106(117(105,85-87(15-7)47-21-13-5)86-88(16-8)48-22-14-6)80-104(131-116)68-50-90-75-97(113-83-109(120-128-113)93-55-63-101(64-56-93)124-71-45-41-37-33-29-25-19-11-3)78-98(76-90)114-84-110(121-129-114)94-57-65-102(66-58-94)125-72-46-42-38-34-30-26-20-12-4/h51-66,73-84,87-88H,9-48,69-72,85-86H2,1-8H3. The van der Waals surface area contributed by atoms with E-state index in [1.54, 1.807) is 8.79 Å². The van der Waals surface area contributed by atoms with Crippen LogP contribution >= 0.6 is 22.7 Å². The van der Waals surface area contributed by atoms with Crippen LogP contribution in [-0.2, 0) is 0 Å². The molecule has 12 nitrogen and oxygen atoms in total. The topological polar surface area (TPSA) is 141 Å². The van der Waals surface area contributed by atoms with E-state index < -0.39 is 13.3 Å². The minimum atomic E-state index is -3.33. The van der Waals surface area contributed by atoms with Crippen molar-refractivity contribution in [1.29, 1.82) is 0 Å². The van der Waals surface area contributed by atoms with Crippen LogP contribution in [0.5, 0.6) is 23.0 Å². The van der Waals surface area contributed by atoms with E-state index in [9.17, 15) is 0 Å². The summed E-state index contributed by atoms with van der Waals surface area (Å²) in [6, 6.07) is 58.8. The molecule has 0 amide bonds. The molecule has 0 saturated carbocycles. The zero-order valence-corrected chi connectivity index (χ0v) is 83.9. The van der Waals surface area contributed by atoms with Gasteiger partial charge in [-0.2, -0.15) is 0 Å². The van der Waals surface area contributed by atoms with E-state index in [1.165, 1.54) is 239 Å². The molecule has 0 N–H and O–H groups in total. The quantitative estimate of drug-likeness (QED) is 0.0203. The van der Waals surface area contributed by atoms with Gasteiger partial charge in [-0.1, -0.05) is 207 Å². The van der Waals surface area contributed by atoms with Crippen LogP contribution in [0.2, 0.25) is 10.5 Å². The molecule has 6 aromatic heterocycles. The summed E-state index contributed by atoms with van der Waals surface area (Å²) in [4.78, 5) is 4.95. The van der Waals surface area contributed by atoms with Gasteiger partial charge in [0.2, 0.25) is 0 Å². The van der Waals surface area contributed by atoms with E-state index in [4.69, 9.17) is 37.0 Å². The minimum Gasteiger partial charge on any atom is -0.0490 e. The number of ether oxygens (including phenoxy) is 4. The number of rotatable bonds is 60. The molecule has 2 atom stereocenters. The summed E-state index contributed by atoms with van der Waals surface area (Å²) in [5.74, 6) is 22.4. The Kier molecular flexibility index (Phi) is 40.7. The Morgan fingerprint density at radius 1 is 0.267 bits per heavy atom. The third kappa shape index (κ3) is 29.7. The number of unbranched alkanes of at least 4 members (excludes halogenated alkanes) is 30. The Balaban J connectivity index is 0.815. The summed E-state index contributed by atoms with van der Waals surface area (Å²) in [5, 5.41) is 21.2. The summed E-state index contributed by atoms with van der Waals surface area (Å²) in [5.41, 5.74) is 11.7. The van der Waals surface area contributed by atoms with Gasteiger partial charge in [-0.25, -0.2) is 0 Å². The van der Waals surface area contributed by atoms with Crippen molar-refractivity contribution < 1.29 is 37.0 Å². The molecule has 0 radical (unpaired) electrons. The fourth-order valence-corrected chi connectivity index (χ4v) is 37.1. The number of thiophene rings is 2. The Morgan fingerprint density at radius 2 is 0.511 bits per heavy atom. The van der Waals surface area contributed by atoms with Crippen LogP contribution in [0.4, 0.5) is 0 Å². The number of nitrogens with zero attached hydrogens (tertiary/aromatic N) is 4. The van der Waals surface area contributed by atoms with Crippen molar-refractivity contribution in [2.24, 2.45) is 11.8 Å². The first-order valence-electron chi connectivity index (χ1n) is 51.0. The first kappa shape index (κ1) is 98.9. The Bertz CT molecular complexity index is 4890. The molecule has 694 valence electrons. The first-order valence-corrected chi connectivity index (χ1v) is 57.7. The SMILES string of the molecule is CCCCCCCCCCOc1ccc(-c2cc(-c3cc(C#Cc4c[c]5c(s4)-c4sc(C#Cc6cc(-c7cc(-c8ccc(OCCCCCCCCCC)cc8)no7)cc(-c7cc(-c8ccc(OCCCCCCCCCC)cc8)no7)c6)c[c]4[Ge]5([CH2]C(CC)CCCC)[CH2]C(CC)CCCC)cc(-c4cc(-c5ccc(OCCCCCCCCCC)cc5)no4)c3)on2)cc1. The van der Waals surface area contributed by atoms with Crippen molar-refractivity contribution in [3.8, 4) is 147 Å². The van der Waals surface area contributed by atoms with Crippen molar-refractivity contribution in [1.82, 2.24) is 20.6 Å². The van der Waals surface area contributed by atoms with Crippen LogP contribution in [0.15, 0.2) is 188 Å². The van der Waals surface area contributed by atoms with E-state index in [2.05, 4.69) is 197 Å².